The van der Waals surface area contributed by atoms with Gasteiger partial charge < -0.3 is 30.5 Å². The summed E-state index contributed by atoms with van der Waals surface area (Å²) in [5, 5.41) is 13.7. The number of rotatable bonds is 12. The van der Waals surface area contributed by atoms with Crippen LogP contribution in [0, 0.1) is 6.92 Å². The summed E-state index contributed by atoms with van der Waals surface area (Å²) in [7, 11) is 1.59. The van der Waals surface area contributed by atoms with Crippen molar-refractivity contribution in [2.24, 2.45) is 5.73 Å². The number of hydrogen-bond acceptors (Lipinski definition) is 7. The van der Waals surface area contributed by atoms with Gasteiger partial charge in [-0.3, -0.25) is 9.78 Å². The van der Waals surface area contributed by atoms with Gasteiger partial charge in [-0.15, -0.1) is 0 Å². The Morgan fingerprint density at radius 2 is 1.97 bits per heavy atom. The minimum atomic E-state index is -0.592. The number of amides is 1. The number of pyridine rings is 1. The lowest BCUT2D eigenvalue weighted by Crippen LogP contribution is -2.25. The molecule has 1 aromatic heterocycles. The molecular weight excluding hydrogens is 432 g/mol. The zero-order valence-electron chi connectivity index (χ0n) is 20.4. The van der Waals surface area contributed by atoms with Crippen molar-refractivity contribution < 1.29 is 19.4 Å². The smallest absolute Gasteiger partial charge is 0.252 e. The molecule has 0 saturated carbocycles. The summed E-state index contributed by atoms with van der Waals surface area (Å²) in [6.45, 7) is 9.61. The number of carbonyl (C=O) groups is 1. The number of nitrogens with two attached hydrogens (primary N) is 1. The molecular formula is C26H34N4O4. The first kappa shape index (κ1) is 25.3. The largest absolute Gasteiger partial charge is 0.493 e. The van der Waals surface area contributed by atoms with E-state index >= 15 is 0 Å². The Hall–Kier alpha value is -3.36. The van der Waals surface area contributed by atoms with Gasteiger partial charge in [0, 0.05) is 29.9 Å². The third-order valence-electron chi connectivity index (χ3n) is 6.07. The molecule has 8 nitrogen and oxygen atoms in total. The molecule has 34 heavy (non-hydrogen) atoms. The van der Waals surface area contributed by atoms with E-state index in [0.717, 1.165) is 42.9 Å². The van der Waals surface area contributed by atoms with Crippen molar-refractivity contribution in [3.63, 3.8) is 0 Å². The van der Waals surface area contributed by atoms with E-state index in [1.165, 1.54) is 6.20 Å². The maximum atomic E-state index is 12.2. The minimum Gasteiger partial charge on any atom is -0.493 e. The first-order valence-electron chi connectivity index (χ1n) is 11.5. The molecule has 0 atom stereocenters. The van der Waals surface area contributed by atoms with Crippen LogP contribution in [0.5, 0.6) is 11.5 Å². The second-order valence-corrected chi connectivity index (χ2v) is 8.03. The highest BCUT2D eigenvalue weighted by Gasteiger charge is 2.18. The molecule has 182 valence electrons. The number of aliphatic hydroxyl groups is 1. The molecule has 2 aromatic carbocycles. The van der Waals surface area contributed by atoms with Crippen LogP contribution in [-0.4, -0.2) is 54.2 Å². The van der Waals surface area contributed by atoms with Gasteiger partial charge in [-0.1, -0.05) is 26.0 Å². The van der Waals surface area contributed by atoms with E-state index in [4.69, 9.17) is 15.2 Å². The maximum absolute atomic E-state index is 12.2. The molecule has 0 aliphatic carbocycles. The number of methoxy groups -OCH3 is 1. The summed E-state index contributed by atoms with van der Waals surface area (Å²) in [6.07, 6.45) is 2.34. The van der Waals surface area contributed by atoms with Crippen LogP contribution in [0.1, 0.15) is 41.8 Å². The Morgan fingerprint density at radius 3 is 2.62 bits per heavy atom. The number of carbonyl (C=O) groups excluding carboxylic acids is 1. The number of nitrogens with zero attached hydrogens (tertiary/aromatic N) is 2. The highest BCUT2D eigenvalue weighted by molar-refractivity contribution is 6.08. The molecule has 0 spiro atoms. The third kappa shape index (κ3) is 5.58. The Kier molecular flexibility index (Phi) is 8.67. The molecule has 3 aromatic rings. The van der Waals surface area contributed by atoms with Crippen LogP contribution in [0.25, 0.3) is 10.9 Å². The number of aliphatic hydroxyl groups excluding tert-OH is 1. The van der Waals surface area contributed by atoms with Crippen LogP contribution in [0.3, 0.4) is 0 Å². The normalized spacial score (nSPS) is 11.1. The van der Waals surface area contributed by atoms with Crippen molar-refractivity contribution >= 4 is 28.2 Å². The minimum absolute atomic E-state index is 0.0796. The van der Waals surface area contributed by atoms with Crippen molar-refractivity contribution in [2.75, 3.05) is 38.7 Å². The van der Waals surface area contributed by atoms with Gasteiger partial charge in [0.2, 0.25) is 0 Å². The van der Waals surface area contributed by atoms with Gasteiger partial charge in [-0.2, -0.15) is 0 Å². The average Bonchev–Trinajstić information content (AvgIpc) is 2.84. The van der Waals surface area contributed by atoms with Crippen molar-refractivity contribution in [1.29, 1.82) is 0 Å². The monoisotopic (exact) mass is 466 g/mol. The van der Waals surface area contributed by atoms with Gasteiger partial charge in [-0.05, 0) is 49.7 Å². The number of hydrogen-bond donors (Lipinski definition) is 3. The summed E-state index contributed by atoms with van der Waals surface area (Å²) in [5.74, 6) is 0.547. The summed E-state index contributed by atoms with van der Waals surface area (Å²) < 4.78 is 11.6. The van der Waals surface area contributed by atoms with Gasteiger partial charge >= 0.3 is 0 Å². The Morgan fingerprint density at radius 1 is 1.21 bits per heavy atom. The van der Waals surface area contributed by atoms with Crippen LogP contribution < -0.4 is 20.5 Å². The summed E-state index contributed by atoms with van der Waals surface area (Å²) in [4.78, 5) is 19.0. The molecule has 0 radical (unpaired) electrons. The first-order valence-corrected chi connectivity index (χ1v) is 11.5. The summed E-state index contributed by atoms with van der Waals surface area (Å²) in [5.41, 5.74) is 9.55. The second kappa shape index (κ2) is 11.7. The van der Waals surface area contributed by atoms with E-state index in [1.807, 2.05) is 31.2 Å². The summed E-state index contributed by atoms with van der Waals surface area (Å²) >= 11 is 0. The zero-order valence-corrected chi connectivity index (χ0v) is 20.4. The van der Waals surface area contributed by atoms with Gasteiger partial charge in [0.1, 0.15) is 0 Å². The first-order chi connectivity index (χ1) is 16.4. The molecule has 0 unspecified atom stereocenters. The number of fused-ring (bicyclic) bond motifs is 1. The van der Waals surface area contributed by atoms with E-state index in [1.54, 1.807) is 13.2 Å². The summed E-state index contributed by atoms with van der Waals surface area (Å²) in [6, 6.07) is 9.22. The Labute approximate surface area is 200 Å². The maximum Gasteiger partial charge on any atom is 0.252 e. The van der Waals surface area contributed by atoms with Crippen LogP contribution in [0.4, 0.5) is 11.4 Å². The molecule has 3 rings (SSSR count). The van der Waals surface area contributed by atoms with Gasteiger partial charge in [0.15, 0.2) is 11.5 Å². The van der Waals surface area contributed by atoms with Crippen molar-refractivity contribution in [2.45, 2.75) is 33.8 Å². The zero-order chi connectivity index (χ0) is 24.7. The molecule has 4 N–H and O–H groups in total. The molecule has 1 amide bonds. The highest BCUT2D eigenvalue weighted by atomic mass is 16.5. The van der Waals surface area contributed by atoms with E-state index in [9.17, 15) is 9.90 Å². The molecule has 1 heterocycles. The van der Waals surface area contributed by atoms with Crippen molar-refractivity contribution in [3.05, 3.63) is 53.2 Å². The number of primary amides is 1. The van der Waals surface area contributed by atoms with Gasteiger partial charge in [0.25, 0.3) is 5.91 Å². The number of ether oxygens (including phenoxy) is 2. The van der Waals surface area contributed by atoms with Gasteiger partial charge in [-0.25, -0.2) is 0 Å². The fourth-order valence-electron chi connectivity index (χ4n) is 3.93. The quantitative estimate of drug-likeness (QED) is 0.346. The number of anilines is 2. The molecule has 8 heteroatoms. The van der Waals surface area contributed by atoms with Crippen molar-refractivity contribution in [1.82, 2.24) is 9.88 Å². The standard InChI is InChI=1S/C26H34N4O4/c1-5-30(6-2)11-8-12-34-24-13-19-22(14-23(24)33-4)28-15-20(26(27)32)25(19)29-21-10-7-9-18(16-31)17(21)3/h7,9-10,13-15,31H,5-6,8,11-12,16H2,1-4H3,(H2,27,32)(H,28,29). The number of aromatic nitrogens is 1. The van der Waals surface area contributed by atoms with E-state index in [2.05, 4.69) is 29.0 Å². The number of nitrogens with one attached hydrogen (secondary N) is 1. The number of benzene rings is 2. The molecule has 0 fully saturated rings. The van der Waals surface area contributed by atoms with Crippen LogP contribution in [-0.2, 0) is 6.61 Å². The Bertz CT molecular complexity index is 1150. The molecule has 0 aliphatic rings. The predicted octanol–water partition coefficient (Wildman–Crippen LogP) is 4.00. The lowest BCUT2D eigenvalue weighted by molar-refractivity contribution is 0.100. The van der Waals surface area contributed by atoms with Crippen LogP contribution in [0.2, 0.25) is 0 Å². The lowest BCUT2D eigenvalue weighted by Gasteiger charge is -2.19. The van der Waals surface area contributed by atoms with E-state index < -0.39 is 5.91 Å². The fourth-order valence-corrected chi connectivity index (χ4v) is 3.93. The highest BCUT2D eigenvalue weighted by Crippen LogP contribution is 2.38. The van der Waals surface area contributed by atoms with E-state index in [0.29, 0.717) is 34.7 Å². The van der Waals surface area contributed by atoms with Crippen LogP contribution in [0.15, 0.2) is 36.5 Å². The SMILES string of the molecule is CCN(CC)CCCOc1cc2c(Nc3cccc(CO)c3C)c(C(N)=O)cnc2cc1OC. The molecule has 0 bridgehead atoms. The predicted molar refractivity (Wildman–Crippen MR) is 135 cm³/mol. The van der Waals surface area contributed by atoms with Gasteiger partial charge in [0.05, 0.1) is 37.1 Å². The lowest BCUT2D eigenvalue weighted by atomic mass is 10.0. The van der Waals surface area contributed by atoms with Crippen molar-refractivity contribution in [3.8, 4) is 11.5 Å². The average molecular weight is 467 g/mol. The molecule has 0 aliphatic heterocycles. The third-order valence-corrected chi connectivity index (χ3v) is 6.07. The molecule has 0 saturated heterocycles. The van der Waals surface area contributed by atoms with E-state index in [-0.39, 0.29) is 12.2 Å². The van der Waals surface area contributed by atoms with Crippen LogP contribution >= 0.6 is 0 Å². The Balaban J connectivity index is 2.01. The topological polar surface area (TPSA) is 110 Å². The second-order valence-electron chi connectivity index (χ2n) is 8.03. The fraction of sp³-hybridized carbons (Fsp3) is 0.385.